The molecule has 0 saturated carbocycles. The monoisotopic (exact) mass is 374 g/mol. The van der Waals surface area contributed by atoms with Gasteiger partial charge in [0.25, 0.3) is 5.91 Å². The third-order valence-corrected chi connectivity index (χ3v) is 5.21. The first-order valence-electron chi connectivity index (χ1n) is 8.06. The van der Waals surface area contributed by atoms with Crippen molar-refractivity contribution in [3.05, 3.63) is 52.3 Å². The van der Waals surface area contributed by atoms with Gasteiger partial charge in [-0.15, -0.1) is 11.3 Å². The number of rotatable bonds is 5. The first kappa shape index (κ1) is 18.1. The maximum atomic E-state index is 13.1. The zero-order valence-electron chi connectivity index (χ0n) is 14.7. The number of likely N-dealkylation sites (N-methyl/N-ethyl adjacent to an activating group) is 2. The number of carbonyl (C=O) groups excluding carboxylic acids is 2. The number of fused-ring (bicyclic) bond motifs is 1. The highest BCUT2D eigenvalue weighted by atomic mass is 32.1. The fourth-order valence-corrected chi connectivity index (χ4v) is 3.80. The maximum Gasteiger partial charge on any atom is 0.264 e. The van der Waals surface area contributed by atoms with Crippen molar-refractivity contribution >= 4 is 33.4 Å². The van der Waals surface area contributed by atoms with E-state index in [-0.39, 0.29) is 24.2 Å². The lowest BCUT2D eigenvalue weighted by molar-refractivity contribution is -0.121. The molecule has 0 aliphatic carbocycles. The Morgan fingerprint density at radius 2 is 2.00 bits per heavy atom. The molecule has 0 saturated heterocycles. The molecule has 0 unspecified atom stereocenters. The first-order valence-corrected chi connectivity index (χ1v) is 8.88. The standard InChI is InChI=1S/C18H19FN4O2S/c1-11-14-8-15(17(25)22(3)10-16(24)20-2)26-18(14)23(21-11)9-12-4-6-13(19)7-5-12/h4-8H,9-10H2,1-3H3,(H,20,24). The van der Waals surface area contributed by atoms with E-state index in [1.807, 2.05) is 17.7 Å². The van der Waals surface area contributed by atoms with Gasteiger partial charge >= 0.3 is 0 Å². The van der Waals surface area contributed by atoms with Crippen LogP contribution in [0.5, 0.6) is 0 Å². The van der Waals surface area contributed by atoms with Gasteiger partial charge in [-0.3, -0.25) is 14.3 Å². The van der Waals surface area contributed by atoms with Crippen LogP contribution in [0.15, 0.2) is 30.3 Å². The molecule has 6 nitrogen and oxygen atoms in total. The van der Waals surface area contributed by atoms with Gasteiger partial charge in [0.05, 0.1) is 23.7 Å². The number of carbonyl (C=O) groups is 2. The normalized spacial score (nSPS) is 10.9. The van der Waals surface area contributed by atoms with Crippen LogP contribution >= 0.6 is 11.3 Å². The third-order valence-electron chi connectivity index (χ3n) is 4.07. The first-order chi connectivity index (χ1) is 12.4. The summed E-state index contributed by atoms with van der Waals surface area (Å²) in [4.78, 5) is 26.9. The number of nitrogens with one attached hydrogen (secondary N) is 1. The van der Waals surface area contributed by atoms with E-state index in [2.05, 4.69) is 10.4 Å². The number of hydrogen-bond donors (Lipinski definition) is 1. The van der Waals surface area contributed by atoms with E-state index in [0.29, 0.717) is 11.4 Å². The zero-order chi connectivity index (χ0) is 18.8. The van der Waals surface area contributed by atoms with E-state index in [1.54, 1.807) is 19.2 Å². The molecule has 0 aliphatic heterocycles. The minimum atomic E-state index is -0.279. The molecule has 0 spiro atoms. The summed E-state index contributed by atoms with van der Waals surface area (Å²) in [5, 5.41) is 7.93. The number of amides is 2. The predicted octanol–water partition coefficient (Wildman–Crippen LogP) is 2.41. The Bertz CT molecular complexity index is 962. The number of benzene rings is 1. The zero-order valence-corrected chi connectivity index (χ0v) is 15.6. The maximum absolute atomic E-state index is 13.1. The quantitative estimate of drug-likeness (QED) is 0.746. The van der Waals surface area contributed by atoms with Crippen molar-refractivity contribution in [2.75, 3.05) is 20.6 Å². The second-order valence-electron chi connectivity index (χ2n) is 6.03. The van der Waals surface area contributed by atoms with Crippen molar-refractivity contribution in [1.29, 1.82) is 0 Å². The lowest BCUT2D eigenvalue weighted by Crippen LogP contribution is -2.36. The molecule has 1 N–H and O–H groups in total. The van der Waals surface area contributed by atoms with Crippen molar-refractivity contribution in [3.8, 4) is 0 Å². The van der Waals surface area contributed by atoms with Crippen LogP contribution in [0.4, 0.5) is 4.39 Å². The second-order valence-corrected chi connectivity index (χ2v) is 7.06. The lowest BCUT2D eigenvalue weighted by Gasteiger charge is -2.14. The molecule has 0 fully saturated rings. The summed E-state index contributed by atoms with van der Waals surface area (Å²) in [5.74, 6) is -0.707. The van der Waals surface area contributed by atoms with Gasteiger partial charge in [0.15, 0.2) is 0 Å². The molecule has 2 amide bonds. The van der Waals surface area contributed by atoms with Crippen LogP contribution in [0.3, 0.4) is 0 Å². The molecule has 2 aromatic heterocycles. The molecule has 26 heavy (non-hydrogen) atoms. The van der Waals surface area contributed by atoms with Gasteiger partial charge in [-0.1, -0.05) is 12.1 Å². The molecule has 8 heteroatoms. The Hall–Kier alpha value is -2.74. The molecule has 0 bridgehead atoms. The fraction of sp³-hybridized carbons (Fsp3) is 0.278. The Kier molecular flexibility index (Phi) is 5.03. The van der Waals surface area contributed by atoms with Crippen LogP contribution in [0.1, 0.15) is 20.9 Å². The van der Waals surface area contributed by atoms with E-state index >= 15 is 0 Å². The molecule has 1 aromatic carbocycles. The Morgan fingerprint density at radius 1 is 1.31 bits per heavy atom. The van der Waals surface area contributed by atoms with E-state index in [9.17, 15) is 14.0 Å². The van der Waals surface area contributed by atoms with Gasteiger partial charge in [-0.2, -0.15) is 5.10 Å². The van der Waals surface area contributed by atoms with Crippen molar-refractivity contribution < 1.29 is 14.0 Å². The summed E-state index contributed by atoms with van der Waals surface area (Å²) < 4.78 is 14.9. The lowest BCUT2D eigenvalue weighted by atomic mass is 10.2. The fourth-order valence-electron chi connectivity index (χ4n) is 2.64. The van der Waals surface area contributed by atoms with Gasteiger partial charge in [0.1, 0.15) is 10.6 Å². The van der Waals surface area contributed by atoms with Crippen molar-refractivity contribution in [3.63, 3.8) is 0 Å². The summed E-state index contributed by atoms with van der Waals surface area (Å²) in [6.45, 7) is 2.38. The number of nitrogens with zero attached hydrogens (tertiary/aromatic N) is 3. The van der Waals surface area contributed by atoms with Gasteiger partial charge in [0, 0.05) is 19.5 Å². The Labute approximate surface area is 154 Å². The molecular weight excluding hydrogens is 355 g/mol. The van der Waals surface area contributed by atoms with Crippen LogP contribution in [0.25, 0.3) is 10.2 Å². The topological polar surface area (TPSA) is 67.2 Å². The highest BCUT2D eigenvalue weighted by Gasteiger charge is 2.20. The number of aryl methyl sites for hydroxylation is 1. The molecule has 136 valence electrons. The number of halogens is 1. The summed E-state index contributed by atoms with van der Waals surface area (Å²) in [5.41, 5.74) is 1.75. The number of thiophene rings is 1. The minimum absolute atomic E-state index is 0.00423. The van der Waals surface area contributed by atoms with E-state index in [1.165, 1.54) is 35.4 Å². The van der Waals surface area contributed by atoms with Gasteiger partial charge < -0.3 is 10.2 Å². The summed E-state index contributed by atoms with van der Waals surface area (Å²) >= 11 is 1.34. The summed E-state index contributed by atoms with van der Waals surface area (Å²) in [7, 11) is 3.13. The molecule has 3 aromatic rings. The van der Waals surface area contributed by atoms with Crippen molar-refractivity contribution in [2.24, 2.45) is 0 Å². The predicted molar refractivity (Wildman–Crippen MR) is 98.9 cm³/mol. The molecule has 2 heterocycles. The summed E-state index contributed by atoms with van der Waals surface area (Å²) in [6, 6.07) is 8.08. The van der Waals surface area contributed by atoms with Crippen LogP contribution in [0.2, 0.25) is 0 Å². The molecule has 0 atom stereocenters. The molecule has 0 aliphatic rings. The van der Waals surface area contributed by atoms with Crippen LogP contribution in [-0.4, -0.2) is 47.1 Å². The van der Waals surface area contributed by atoms with E-state index < -0.39 is 0 Å². The van der Waals surface area contributed by atoms with Gasteiger partial charge in [0.2, 0.25) is 5.91 Å². The largest absolute Gasteiger partial charge is 0.358 e. The molecule has 3 rings (SSSR count). The average Bonchev–Trinajstić information content (AvgIpc) is 3.17. The van der Waals surface area contributed by atoms with Crippen LogP contribution < -0.4 is 5.32 Å². The van der Waals surface area contributed by atoms with E-state index in [0.717, 1.165) is 21.5 Å². The minimum Gasteiger partial charge on any atom is -0.358 e. The Morgan fingerprint density at radius 3 is 2.65 bits per heavy atom. The van der Waals surface area contributed by atoms with Crippen LogP contribution in [0, 0.1) is 12.7 Å². The van der Waals surface area contributed by atoms with Gasteiger partial charge in [-0.25, -0.2) is 4.39 Å². The highest BCUT2D eigenvalue weighted by Crippen LogP contribution is 2.29. The van der Waals surface area contributed by atoms with Gasteiger partial charge in [-0.05, 0) is 30.7 Å². The summed E-state index contributed by atoms with van der Waals surface area (Å²) in [6.07, 6.45) is 0. The second kappa shape index (κ2) is 7.25. The number of hydrogen-bond acceptors (Lipinski definition) is 4. The van der Waals surface area contributed by atoms with Crippen molar-refractivity contribution in [2.45, 2.75) is 13.5 Å². The highest BCUT2D eigenvalue weighted by molar-refractivity contribution is 7.20. The van der Waals surface area contributed by atoms with Crippen molar-refractivity contribution in [1.82, 2.24) is 20.0 Å². The Balaban J connectivity index is 1.87. The van der Waals surface area contributed by atoms with Crippen LogP contribution in [-0.2, 0) is 11.3 Å². The van der Waals surface area contributed by atoms with E-state index in [4.69, 9.17) is 0 Å². The molecule has 0 radical (unpaired) electrons. The number of aromatic nitrogens is 2. The SMILES string of the molecule is CNC(=O)CN(C)C(=O)c1cc2c(C)nn(Cc3ccc(F)cc3)c2s1. The average molecular weight is 374 g/mol. The third kappa shape index (κ3) is 3.60. The molecular formula is C18H19FN4O2S. The smallest absolute Gasteiger partial charge is 0.264 e.